The Hall–Kier alpha value is -3.80. The number of para-hydroxylation sites is 2. The van der Waals surface area contributed by atoms with Gasteiger partial charge in [0.2, 0.25) is 5.82 Å². The Kier molecular flexibility index (Phi) is 8.50. The fraction of sp³-hybridized carbons (Fsp3) is 0.267. The van der Waals surface area contributed by atoms with Crippen molar-refractivity contribution in [3.63, 3.8) is 0 Å². The van der Waals surface area contributed by atoms with Gasteiger partial charge in [0.25, 0.3) is 5.91 Å². The molecule has 0 aliphatic carbocycles. The molecule has 42 heavy (non-hydrogen) atoms. The van der Waals surface area contributed by atoms with Gasteiger partial charge in [0, 0.05) is 36.6 Å². The maximum Gasteiger partial charge on any atom is 0.273 e. The molecule has 0 saturated carbocycles. The average molecular weight is 621 g/mol. The highest BCUT2D eigenvalue weighted by molar-refractivity contribution is 7.98. The second-order valence-electron chi connectivity index (χ2n) is 9.64. The molecule has 0 bridgehead atoms. The van der Waals surface area contributed by atoms with Crippen molar-refractivity contribution in [3.8, 4) is 23.0 Å². The smallest absolute Gasteiger partial charge is 0.273 e. The van der Waals surface area contributed by atoms with Crippen LogP contribution in [0.3, 0.4) is 0 Å². The lowest BCUT2D eigenvalue weighted by molar-refractivity contribution is 0.0741. The second kappa shape index (κ2) is 12.6. The SMILES string of the molecule is CCOc1ccccc1N1CCN(C(=O)c2csc(CSc3nnc(-c4ccco4)n3-c3cc(Cl)ccc3C)n2)CC1. The molecule has 1 amide bonds. The third-order valence-corrected chi connectivity index (χ3v) is 9.16. The van der Waals surface area contributed by atoms with Crippen molar-refractivity contribution in [3.05, 3.63) is 87.5 Å². The van der Waals surface area contributed by atoms with Crippen LogP contribution in [0.2, 0.25) is 5.02 Å². The van der Waals surface area contributed by atoms with Crippen LogP contribution in [0.1, 0.15) is 28.0 Å². The van der Waals surface area contributed by atoms with Crippen molar-refractivity contribution in [2.24, 2.45) is 0 Å². The molecular formula is C30H29ClN6O3S2. The Morgan fingerprint density at radius 3 is 2.69 bits per heavy atom. The number of benzene rings is 2. The van der Waals surface area contributed by atoms with Gasteiger partial charge in [0.1, 0.15) is 16.5 Å². The highest BCUT2D eigenvalue weighted by Gasteiger charge is 2.26. The summed E-state index contributed by atoms with van der Waals surface area (Å²) < 4.78 is 13.4. The molecule has 1 aliphatic heterocycles. The first-order valence-corrected chi connectivity index (χ1v) is 15.8. The molecule has 1 fully saturated rings. The number of thiazole rings is 1. The molecule has 0 atom stereocenters. The van der Waals surface area contributed by atoms with Gasteiger partial charge < -0.3 is 19.0 Å². The largest absolute Gasteiger partial charge is 0.492 e. The van der Waals surface area contributed by atoms with E-state index in [4.69, 9.17) is 20.8 Å². The van der Waals surface area contributed by atoms with Gasteiger partial charge in [-0.2, -0.15) is 0 Å². The summed E-state index contributed by atoms with van der Waals surface area (Å²) in [6.07, 6.45) is 1.61. The first-order valence-electron chi connectivity index (χ1n) is 13.6. The van der Waals surface area contributed by atoms with E-state index in [9.17, 15) is 4.79 Å². The van der Waals surface area contributed by atoms with E-state index in [1.165, 1.54) is 23.1 Å². The normalized spacial score (nSPS) is 13.5. The lowest BCUT2D eigenvalue weighted by Gasteiger charge is -2.36. The quantitative estimate of drug-likeness (QED) is 0.170. The first kappa shape index (κ1) is 28.3. The van der Waals surface area contributed by atoms with Crippen molar-refractivity contribution in [2.45, 2.75) is 24.8 Å². The van der Waals surface area contributed by atoms with Gasteiger partial charge in [-0.1, -0.05) is 41.6 Å². The molecule has 12 heteroatoms. The number of hydrogen-bond donors (Lipinski definition) is 0. The van der Waals surface area contributed by atoms with E-state index in [1.54, 1.807) is 6.26 Å². The molecule has 1 saturated heterocycles. The van der Waals surface area contributed by atoms with E-state index in [0.717, 1.165) is 40.8 Å². The van der Waals surface area contributed by atoms with Crippen molar-refractivity contribution >= 4 is 46.3 Å². The Balaban J connectivity index is 1.14. The van der Waals surface area contributed by atoms with Gasteiger partial charge in [0.15, 0.2) is 10.9 Å². The summed E-state index contributed by atoms with van der Waals surface area (Å²) in [5.74, 6) is 2.57. The zero-order valence-electron chi connectivity index (χ0n) is 23.2. The van der Waals surface area contributed by atoms with Crippen LogP contribution in [0, 0.1) is 6.92 Å². The number of carbonyl (C=O) groups excluding carboxylic acids is 1. The molecule has 0 N–H and O–H groups in total. The number of thioether (sulfide) groups is 1. The number of amides is 1. The van der Waals surface area contributed by atoms with E-state index in [-0.39, 0.29) is 5.91 Å². The Bertz CT molecular complexity index is 1680. The van der Waals surface area contributed by atoms with Crippen LogP contribution < -0.4 is 9.64 Å². The molecule has 0 spiro atoms. The number of hydrogen-bond acceptors (Lipinski definition) is 9. The minimum absolute atomic E-state index is 0.0435. The lowest BCUT2D eigenvalue weighted by Crippen LogP contribution is -2.49. The van der Waals surface area contributed by atoms with Crippen LogP contribution in [-0.2, 0) is 5.75 Å². The van der Waals surface area contributed by atoms with Gasteiger partial charge in [-0.25, -0.2) is 4.98 Å². The molecule has 0 radical (unpaired) electrons. The molecular weight excluding hydrogens is 592 g/mol. The van der Waals surface area contributed by atoms with Crippen LogP contribution in [-0.4, -0.2) is 63.3 Å². The lowest BCUT2D eigenvalue weighted by atomic mass is 10.2. The molecule has 4 heterocycles. The van der Waals surface area contributed by atoms with Gasteiger partial charge in [-0.3, -0.25) is 9.36 Å². The number of aryl methyl sites for hydroxylation is 1. The first-order chi connectivity index (χ1) is 20.5. The highest BCUT2D eigenvalue weighted by Crippen LogP contribution is 2.33. The summed E-state index contributed by atoms with van der Waals surface area (Å²) in [6.45, 7) is 7.33. The van der Waals surface area contributed by atoms with E-state index in [0.29, 0.717) is 52.9 Å². The maximum atomic E-state index is 13.3. The van der Waals surface area contributed by atoms with E-state index in [2.05, 4.69) is 26.1 Å². The number of aromatic nitrogens is 4. The third-order valence-electron chi connectivity index (χ3n) is 6.96. The van der Waals surface area contributed by atoms with Gasteiger partial charge in [-0.15, -0.1) is 21.5 Å². The van der Waals surface area contributed by atoms with Crippen LogP contribution in [0.25, 0.3) is 17.3 Å². The predicted octanol–water partition coefficient (Wildman–Crippen LogP) is 6.60. The molecule has 5 aromatic rings. The Morgan fingerprint density at radius 2 is 1.90 bits per heavy atom. The number of rotatable bonds is 9. The summed E-state index contributed by atoms with van der Waals surface area (Å²) in [4.78, 5) is 22.1. The number of halogens is 1. The molecule has 2 aromatic carbocycles. The number of nitrogens with zero attached hydrogens (tertiary/aromatic N) is 6. The van der Waals surface area contributed by atoms with Crippen LogP contribution in [0.5, 0.6) is 5.75 Å². The zero-order chi connectivity index (χ0) is 29.1. The summed E-state index contributed by atoms with van der Waals surface area (Å²) in [5.41, 5.74) is 3.44. The van der Waals surface area contributed by atoms with Crippen LogP contribution in [0.4, 0.5) is 5.69 Å². The standard InChI is InChI=1S/C30H29ClN6O3S2/c1-3-39-25-8-5-4-7-23(25)35-12-14-36(15-13-35)29(38)22-18-41-27(32-22)19-42-30-34-33-28(26-9-6-16-40-26)37(30)24-17-21(31)11-10-20(24)2/h4-11,16-18H,3,12-15,19H2,1-2H3. The molecule has 9 nitrogen and oxygen atoms in total. The summed E-state index contributed by atoms with van der Waals surface area (Å²) in [6, 6.07) is 17.4. The second-order valence-corrected chi connectivity index (χ2v) is 12.0. The van der Waals surface area contributed by atoms with Gasteiger partial charge in [0.05, 0.1) is 30.0 Å². The predicted molar refractivity (Wildman–Crippen MR) is 166 cm³/mol. The summed E-state index contributed by atoms with van der Waals surface area (Å²) in [5, 5.41) is 12.9. The fourth-order valence-electron chi connectivity index (χ4n) is 4.88. The fourth-order valence-corrected chi connectivity index (χ4v) is 6.78. The highest BCUT2D eigenvalue weighted by atomic mass is 35.5. The van der Waals surface area contributed by atoms with Crippen molar-refractivity contribution in [1.82, 2.24) is 24.6 Å². The number of furan rings is 1. The van der Waals surface area contributed by atoms with Crippen molar-refractivity contribution in [1.29, 1.82) is 0 Å². The van der Waals surface area contributed by atoms with Crippen molar-refractivity contribution < 1.29 is 13.9 Å². The van der Waals surface area contributed by atoms with Crippen molar-refractivity contribution in [2.75, 3.05) is 37.7 Å². The summed E-state index contributed by atoms with van der Waals surface area (Å²) >= 11 is 9.33. The Labute approximate surface area is 257 Å². The third kappa shape index (κ3) is 5.90. The Morgan fingerprint density at radius 1 is 1.07 bits per heavy atom. The topological polar surface area (TPSA) is 89.5 Å². The molecule has 0 unspecified atom stereocenters. The summed E-state index contributed by atoms with van der Waals surface area (Å²) in [7, 11) is 0. The minimum Gasteiger partial charge on any atom is -0.492 e. The van der Waals surface area contributed by atoms with Gasteiger partial charge >= 0.3 is 0 Å². The molecule has 1 aliphatic rings. The number of anilines is 1. The monoisotopic (exact) mass is 620 g/mol. The van der Waals surface area contributed by atoms with Crippen LogP contribution in [0.15, 0.2) is 75.8 Å². The number of carbonyl (C=O) groups is 1. The maximum absolute atomic E-state index is 13.3. The van der Waals surface area contributed by atoms with Gasteiger partial charge in [-0.05, 0) is 55.8 Å². The number of ether oxygens (including phenoxy) is 1. The molecule has 216 valence electrons. The van der Waals surface area contributed by atoms with E-state index in [1.807, 2.05) is 77.2 Å². The molecule has 3 aromatic heterocycles. The van der Waals surface area contributed by atoms with E-state index < -0.39 is 0 Å². The van der Waals surface area contributed by atoms with E-state index >= 15 is 0 Å². The number of piperazine rings is 1. The molecule has 6 rings (SSSR count). The zero-order valence-corrected chi connectivity index (χ0v) is 25.6. The van der Waals surface area contributed by atoms with Crippen LogP contribution >= 0.6 is 34.7 Å². The minimum atomic E-state index is -0.0435. The average Bonchev–Trinajstić information content (AvgIpc) is 3.79.